The quantitative estimate of drug-likeness (QED) is 0.836. The summed E-state index contributed by atoms with van der Waals surface area (Å²) in [7, 11) is -3.58. The van der Waals surface area contributed by atoms with Crippen molar-refractivity contribution in [2.75, 3.05) is 32.8 Å². The van der Waals surface area contributed by atoms with E-state index in [1.54, 1.807) is 12.1 Å². The van der Waals surface area contributed by atoms with Crippen LogP contribution in [-0.4, -0.2) is 46.2 Å². The molecule has 1 unspecified atom stereocenters. The predicted molar refractivity (Wildman–Crippen MR) is 99.7 cm³/mol. The van der Waals surface area contributed by atoms with Gasteiger partial charge >= 0.3 is 0 Å². The summed E-state index contributed by atoms with van der Waals surface area (Å²) in [5.41, 5.74) is 2.03. The lowest BCUT2D eigenvalue weighted by Crippen LogP contribution is -2.43. The second-order valence-corrected chi connectivity index (χ2v) is 8.48. The maximum atomic E-state index is 12.7. The van der Waals surface area contributed by atoms with Crippen molar-refractivity contribution in [2.45, 2.75) is 31.7 Å². The summed E-state index contributed by atoms with van der Waals surface area (Å²) in [5.74, 6) is 1.59. The Morgan fingerprint density at radius 1 is 1.08 bits per heavy atom. The van der Waals surface area contributed by atoms with E-state index in [4.69, 9.17) is 9.15 Å². The van der Waals surface area contributed by atoms with Crippen LogP contribution < -0.4 is 4.72 Å². The molecule has 0 aliphatic carbocycles. The third kappa shape index (κ3) is 4.35. The van der Waals surface area contributed by atoms with Gasteiger partial charge in [0, 0.05) is 19.6 Å². The van der Waals surface area contributed by atoms with Gasteiger partial charge in [-0.25, -0.2) is 13.1 Å². The fourth-order valence-electron chi connectivity index (χ4n) is 3.08. The average Bonchev–Trinajstić information content (AvgIpc) is 3.04. The van der Waals surface area contributed by atoms with Crippen LogP contribution in [0, 0.1) is 20.8 Å². The van der Waals surface area contributed by atoms with E-state index in [0.717, 1.165) is 35.7 Å². The third-order valence-electron chi connectivity index (χ3n) is 4.83. The van der Waals surface area contributed by atoms with Crippen LogP contribution in [-0.2, 0) is 14.8 Å². The summed E-state index contributed by atoms with van der Waals surface area (Å²) >= 11 is 0. The van der Waals surface area contributed by atoms with Gasteiger partial charge in [0.1, 0.15) is 11.5 Å². The monoisotopic (exact) mass is 378 g/mol. The van der Waals surface area contributed by atoms with Gasteiger partial charge in [-0.3, -0.25) is 4.90 Å². The maximum Gasteiger partial charge on any atom is 0.240 e. The van der Waals surface area contributed by atoms with Gasteiger partial charge in [0.05, 0.1) is 24.2 Å². The van der Waals surface area contributed by atoms with E-state index >= 15 is 0 Å². The van der Waals surface area contributed by atoms with Crippen LogP contribution in [0.5, 0.6) is 0 Å². The van der Waals surface area contributed by atoms with Gasteiger partial charge in [-0.1, -0.05) is 6.07 Å². The molecule has 1 atom stereocenters. The fourth-order valence-corrected chi connectivity index (χ4v) is 4.21. The molecule has 0 spiro atoms. The van der Waals surface area contributed by atoms with Crippen molar-refractivity contribution in [3.63, 3.8) is 0 Å². The van der Waals surface area contributed by atoms with Gasteiger partial charge in [0.2, 0.25) is 10.0 Å². The molecule has 2 aromatic rings. The molecule has 1 aromatic carbocycles. The van der Waals surface area contributed by atoms with Crippen LogP contribution in [0.2, 0.25) is 0 Å². The van der Waals surface area contributed by atoms with E-state index in [0.29, 0.717) is 13.2 Å². The Hall–Kier alpha value is -1.67. The molecule has 1 saturated heterocycles. The Kier molecular flexibility index (Phi) is 5.82. The summed E-state index contributed by atoms with van der Waals surface area (Å²) in [5, 5.41) is 0. The second kappa shape index (κ2) is 7.92. The number of sulfonamides is 1. The van der Waals surface area contributed by atoms with E-state index in [9.17, 15) is 8.42 Å². The van der Waals surface area contributed by atoms with Crippen molar-refractivity contribution in [3.05, 3.63) is 53.0 Å². The van der Waals surface area contributed by atoms with Crippen LogP contribution in [0.25, 0.3) is 0 Å². The Balaban J connectivity index is 1.79. The third-order valence-corrected chi connectivity index (χ3v) is 6.25. The van der Waals surface area contributed by atoms with Gasteiger partial charge < -0.3 is 9.15 Å². The summed E-state index contributed by atoms with van der Waals surface area (Å²) in [6.45, 7) is 8.79. The first-order chi connectivity index (χ1) is 12.4. The number of benzene rings is 1. The summed E-state index contributed by atoms with van der Waals surface area (Å²) in [4.78, 5) is 2.49. The number of hydrogen-bond donors (Lipinski definition) is 1. The highest BCUT2D eigenvalue weighted by atomic mass is 32.2. The Morgan fingerprint density at radius 2 is 1.81 bits per heavy atom. The van der Waals surface area contributed by atoms with Crippen LogP contribution >= 0.6 is 0 Å². The largest absolute Gasteiger partial charge is 0.465 e. The smallest absolute Gasteiger partial charge is 0.240 e. The van der Waals surface area contributed by atoms with E-state index < -0.39 is 10.0 Å². The Morgan fingerprint density at radius 3 is 2.42 bits per heavy atom. The summed E-state index contributed by atoms with van der Waals surface area (Å²) in [6.07, 6.45) is 0. The lowest BCUT2D eigenvalue weighted by molar-refractivity contribution is 0.0127. The lowest BCUT2D eigenvalue weighted by atomic mass is 10.1. The molecule has 0 amide bonds. The van der Waals surface area contributed by atoms with Crippen molar-refractivity contribution < 1.29 is 17.6 Å². The van der Waals surface area contributed by atoms with Gasteiger partial charge in [-0.05, 0) is 56.2 Å². The number of nitrogens with zero attached hydrogens (tertiary/aromatic N) is 1. The van der Waals surface area contributed by atoms with Gasteiger partial charge in [0.15, 0.2) is 0 Å². The highest BCUT2D eigenvalue weighted by Gasteiger charge is 2.27. The number of rotatable bonds is 6. The molecule has 0 saturated carbocycles. The first kappa shape index (κ1) is 19.1. The molecule has 3 rings (SSSR count). The molecule has 1 N–H and O–H groups in total. The predicted octanol–water partition coefficient (Wildman–Crippen LogP) is 2.56. The molecule has 0 bridgehead atoms. The highest BCUT2D eigenvalue weighted by Crippen LogP contribution is 2.24. The number of furan rings is 1. The van der Waals surface area contributed by atoms with E-state index in [1.165, 1.54) is 0 Å². The fraction of sp³-hybridized carbons (Fsp3) is 0.474. The number of morpholine rings is 1. The molecule has 142 valence electrons. The molecule has 2 heterocycles. The molecule has 1 fully saturated rings. The van der Waals surface area contributed by atoms with Crippen molar-refractivity contribution in [2.24, 2.45) is 0 Å². The minimum absolute atomic E-state index is 0.158. The van der Waals surface area contributed by atoms with Crippen molar-refractivity contribution in [3.8, 4) is 0 Å². The van der Waals surface area contributed by atoms with Gasteiger partial charge in [-0.15, -0.1) is 0 Å². The number of ether oxygens (including phenoxy) is 1. The number of hydrogen-bond acceptors (Lipinski definition) is 5. The van der Waals surface area contributed by atoms with Crippen molar-refractivity contribution in [1.82, 2.24) is 9.62 Å². The normalized spacial score (nSPS) is 17.3. The van der Waals surface area contributed by atoms with E-state index in [-0.39, 0.29) is 17.5 Å². The molecule has 1 aliphatic heterocycles. The second-order valence-electron chi connectivity index (χ2n) is 6.71. The highest BCUT2D eigenvalue weighted by molar-refractivity contribution is 7.89. The minimum atomic E-state index is -3.58. The molecular formula is C19H26N2O4S. The van der Waals surface area contributed by atoms with Crippen LogP contribution in [0.15, 0.2) is 39.6 Å². The Labute approximate surface area is 155 Å². The standard InChI is InChI=1S/C19H26N2O4S/c1-14-4-6-17(12-15(14)2)26(22,23)20-13-18(19-7-5-16(3)25-19)21-8-10-24-11-9-21/h4-7,12,18,20H,8-11,13H2,1-3H3. The molecule has 1 aromatic heterocycles. The summed E-state index contributed by atoms with van der Waals surface area (Å²) in [6, 6.07) is 8.85. The molecular weight excluding hydrogens is 352 g/mol. The molecule has 6 nitrogen and oxygen atoms in total. The number of nitrogens with one attached hydrogen (secondary N) is 1. The summed E-state index contributed by atoms with van der Waals surface area (Å²) < 4.78 is 39.4. The Bertz CT molecular complexity index is 854. The van der Waals surface area contributed by atoms with E-state index in [1.807, 2.05) is 39.0 Å². The lowest BCUT2D eigenvalue weighted by Gasteiger charge is -2.33. The minimum Gasteiger partial charge on any atom is -0.465 e. The number of aryl methyl sites for hydroxylation is 3. The molecule has 7 heteroatoms. The van der Waals surface area contributed by atoms with Crippen molar-refractivity contribution >= 4 is 10.0 Å². The van der Waals surface area contributed by atoms with Crippen LogP contribution in [0.4, 0.5) is 0 Å². The molecule has 1 aliphatic rings. The van der Waals surface area contributed by atoms with Crippen LogP contribution in [0.3, 0.4) is 0 Å². The zero-order valence-corrected chi connectivity index (χ0v) is 16.3. The molecule has 0 radical (unpaired) electrons. The average molecular weight is 378 g/mol. The topological polar surface area (TPSA) is 71.8 Å². The zero-order valence-electron chi connectivity index (χ0n) is 15.5. The first-order valence-electron chi connectivity index (χ1n) is 8.82. The molecule has 26 heavy (non-hydrogen) atoms. The van der Waals surface area contributed by atoms with E-state index in [2.05, 4.69) is 9.62 Å². The van der Waals surface area contributed by atoms with Gasteiger partial charge in [-0.2, -0.15) is 0 Å². The first-order valence-corrected chi connectivity index (χ1v) is 10.3. The zero-order chi connectivity index (χ0) is 18.7. The van der Waals surface area contributed by atoms with Crippen molar-refractivity contribution in [1.29, 1.82) is 0 Å². The van der Waals surface area contributed by atoms with Gasteiger partial charge in [0.25, 0.3) is 0 Å². The maximum absolute atomic E-state index is 12.7. The SMILES string of the molecule is Cc1ccc(C(CNS(=O)(=O)c2ccc(C)c(C)c2)N2CCOCC2)o1. The van der Waals surface area contributed by atoms with Crippen LogP contribution in [0.1, 0.15) is 28.7 Å².